The van der Waals surface area contributed by atoms with E-state index in [4.69, 9.17) is 0 Å². The minimum atomic E-state index is 1.13. The number of hydrogen-bond acceptors (Lipinski definition) is 0. The van der Waals surface area contributed by atoms with E-state index in [1.807, 2.05) is 0 Å². The molecule has 0 aliphatic heterocycles. The van der Waals surface area contributed by atoms with Gasteiger partial charge in [-0.25, -0.2) is 0 Å². The van der Waals surface area contributed by atoms with Gasteiger partial charge < -0.3 is 0 Å². The molecule has 0 aliphatic carbocycles. The van der Waals surface area contributed by atoms with Crippen molar-refractivity contribution in [2.24, 2.45) is 0 Å². The third-order valence-corrected chi connectivity index (χ3v) is 5.86. The molecule has 24 heavy (non-hydrogen) atoms. The second-order valence-electron chi connectivity index (χ2n) is 5.66. The summed E-state index contributed by atoms with van der Waals surface area (Å²) >= 11 is 7.76. The first kappa shape index (κ1) is 15.6. The summed E-state index contributed by atoms with van der Waals surface area (Å²) < 4.78 is 2.26. The zero-order valence-electron chi connectivity index (χ0n) is 12.8. The van der Waals surface area contributed by atoms with Crippen LogP contribution >= 0.6 is 31.9 Å². The van der Waals surface area contributed by atoms with Crippen molar-refractivity contribution in [1.29, 1.82) is 0 Å². The van der Waals surface area contributed by atoms with E-state index < -0.39 is 0 Å². The summed E-state index contributed by atoms with van der Waals surface area (Å²) in [4.78, 5) is 0. The zero-order valence-corrected chi connectivity index (χ0v) is 16.0. The molecule has 0 atom stereocenters. The molecular weight excluding hydrogens is 424 g/mol. The predicted octanol–water partition coefficient (Wildman–Crippen LogP) is 7.70. The number of hydrogen-bond donors (Lipinski definition) is 0. The standard InChI is InChI=1S/C22H14Br2/c23-21-17-13-7-8-14-18(17)22(24)20(16-11-5-2-6-12-16)19(21)15-9-3-1-4-10-15/h1-14H. The third-order valence-electron chi connectivity index (χ3n) is 4.21. The van der Waals surface area contributed by atoms with Gasteiger partial charge in [0.05, 0.1) is 0 Å². The van der Waals surface area contributed by atoms with E-state index in [9.17, 15) is 0 Å². The molecule has 0 N–H and O–H groups in total. The van der Waals surface area contributed by atoms with Crippen LogP contribution in [0.15, 0.2) is 93.9 Å². The Kier molecular flexibility index (Phi) is 4.26. The Morgan fingerprint density at radius 2 is 0.750 bits per heavy atom. The van der Waals surface area contributed by atoms with E-state index in [2.05, 4.69) is 117 Å². The van der Waals surface area contributed by atoms with Crippen LogP contribution in [0.5, 0.6) is 0 Å². The fourth-order valence-electron chi connectivity index (χ4n) is 3.11. The summed E-state index contributed by atoms with van der Waals surface area (Å²) in [5.74, 6) is 0. The Bertz CT molecular complexity index is 922. The van der Waals surface area contributed by atoms with Crippen LogP contribution in [-0.2, 0) is 0 Å². The number of halogens is 2. The van der Waals surface area contributed by atoms with Gasteiger partial charge in [-0.15, -0.1) is 0 Å². The Labute approximate surface area is 158 Å². The lowest BCUT2D eigenvalue weighted by molar-refractivity contribution is 1.57. The van der Waals surface area contributed by atoms with Crippen molar-refractivity contribution in [2.75, 3.05) is 0 Å². The van der Waals surface area contributed by atoms with Gasteiger partial charge in [0.2, 0.25) is 0 Å². The first-order valence-corrected chi connectivity index (χ1v) is 9.36. The second-order valence-corrected chi connectivity index (χ2v) is 7.24. The monoisotopic (exact) mass is 436 g/mol. The highest BCUT2D eigenvalue weighted by atomic mass is 79.9. The molecule has 4 aromatic carbocycles. The van der Waals surface area contributed by atoms with Crippen LogP contribution in [0.2, 0.25) is 0 Å². The predicted molar refractivity (Wildman–Crippen MR) is 110 cm³/mol. The van der Waals surface area contributed by atoms with Crippen molar-refractivity contribution in [3.05, 3.63) is 93.9 Å². The highest BCUT2D eigenvalue weighted by Crippen LogP contribution is 2.47. The van der Waals surface area contributed by atoms with Crippen LogP contribution in [0.1, 0.15) is 0 Å². The normalized spacial score (nSPS) is 10.9. The van der Waals surface area contributed by atoms with E-state index in [0.717, 1.165) is 8.95 Å². The van der Waals surface area contributed by atoms with Gasteiger partial charge in [0.25, 0.3) is 0 Å². The quantitative estimate of drug-likeness (QED) is 0.301. The van der Waals surface area contributed by atoms with Crippen LogP contribution in [0, 0.1) is 0 Å². The van der Waals surface area contributed by atoms with Crippen molar-refractivity contribution in [2.45, 2.75) is 0 Å². The van der Waals surface area contributed by atoms with E-state index in [1.54, 1.807) is 0 Å². The van der Waals surface area contributed by atoms with Crippen LogP contribution in [0.25, 0.3) is 33.0 Å². The summed E-state index contributed by atoms with van der Waals surface area (Å²) in [6, 6.07) is 29.6. The maximum atomic E-state index is 3.88. The average Bonchev–Trinajstić information content (AvgIpc) is 2.66. The van der Waals surface area contributed by atoms with Crippen molar-refractivity contribution < 1.29 is 0 Å². The maximum absolute atomic E-state index is 3.88. The van der Waals surface area contributed by atoms with Gasteiger partial charge in [0.15, 0.2) is 0 Å². The molecule has 0 radical (unpaired) electrons. The fraction of sp³-hybridized carbons (Fsp3) is 0. The molecule has 0 nitrogen and oxygen atoms in total. The Morgan fingerprint density at radius 1 is 0.417 bits per heavy atom. The molecule has 0 bridgehead atoms. The lowest BCUT2D eigenvalue weighted by Gasteiger charge is -2.18. The van der Waals surface area contributed by atoms with E-state index in [-0.39, 0.29) is 0 Å². The number of benzene rings is 4. The Balaban J connectivity index is 2.18. The van der Waals surface area contributed by atoms with Crippen LogP contribution in [0.3, 0.4) is 0 Å². The molecule has 0 unspecified atom stereocenters. The third kappa shape index (κ3) is 2.60. The van der Waals surface area contributed by atoms with Crippen LogP contribution in [-0.4, -0.2) is 0 Å². The highest BCUT2D eigenvalue weighted by molar-refractivity contribution is 9.11. The van der Waals surface area contributed by atoms with Crippen LogP contribution in [0.4, 0.5) is 0 Å². The molecule has 2 heteroatoms. The lowest BCUT2D eigenvalue weighted by Crippen LogP contribution is -1.91. The lowest BCUT2D eigenvalue weighted by atomic mass is 9.91. The van der Waals surface area contributed by atoms with Gasteiger partial charge in [-0.2, -0.15) is 0 Å². The van der Waals surface area contributed by atoms with Crippen molar-refractivity contribution >= 4 is 42.6 Å². The summed E-state index contributed by atoms with van der Waals surface area (Å²) in [6.07, 6.45) is 0. The topological polar surface area (TPSA) is 0 Å². The van der Waals surface area contributed by atoms with Gasteiger partial charge in [0, 0.05) is 20.1 Å². The molecule has 116 valence electrons. The molecule has 0 saturated heterocycles. The Morgan fingerprint density at radius 3 is 1.12 bits per heavy atom. The van der Waals surface area contributed by atoms with Gasteiger partial charge in [-0.3, -0.25) is 0 Å². The number of fused-ring (bicyclic) bond motifs is 1. The molecule has 0 aliphatic rings. The van der Waals surface area contributed by atoms with Gasteiger partial charge in [-0.1, -0.05) is 84.9 Å². The Hall–Kier alpha value is -1.90. The van der Waals surface area contributed by atoms with Gasteiger partial charge in [-0.05, 0) is 53.8 Å². The summed E-state index contributed by atoms with van der Waals surface area (Å²) in [5, 5.41) is 2.42. The summed E-state index contributed by atoms with van der Waals surface area (Å²) in [5.41, 5.74) is 4.84. The van der Waals surface area contributed by atoms with E-state index in [0.29, 0.717) is 0 Å². The van der Waals surface area contributed by atoms with Crippen LogP contribution < -0.4 is 0 Å². The van der Waals surface area contributed by atoms with Gasteiger partial charge in [0.1, 0.15) is 0 Å². The minimum Gasteiger partial charge on any atom is -0.0622 e. The van der Waals surface area contributed by atoms with E-state index in [1.165, 1.54) is 33.0 Å². The molecule has 4 aromatic rings. The first-order valence-electron chi connectivity index (χ1n) is 7.78. The van der Waals surface area contributed by atoms with Gasteiger partial charge >= 0.3 is 0 Å². The molecule has 0 aromatic heterocycles. The molecule has 0 heterocycles. The van der Waals surface area contributed by atoms with Crippen molar-refractivity contribution in [3.8, 4) is 22.3 Å². The highest BCUT2D eigenvalue weighted by Gasteiger charge is 2.19. The maximum Gasteiger partial charge on any atom is 0.0339 e. The molecule has 0 spiro atoms. The van der Waals surface area contributed by atoms with Crippen molar-refractivity contribution in [1.82, 2.24) is 0 Å². The second kappa shape index (κ2) is 6.54. The average molecular weight is 438 g/mol. The first-order chi connectivity index (χ1) is 11.8. The molecule has 0 fully saturated rings. The largest absolute Gasteiger partial charge is 0.0622 e. The number of rotatable bonds is 2. The smallest absolute Gasteiger partial charge is 0.0339 e. The SMILES string of the molecule is Brc1c(-c2ccccc2)c(-c2ccccc2)c(Br)c2ccccc12. The molecule has 4 rings (SSSR count). The fourth-order valence-corrected chi connectivity index (χ4v) is 4.65. The molecule has 0 amide bonds. The molecular formula is C22H14Br2. The zero-order chi connectivity index (χ0) is 16.5. The van der Waals surface area contributed by atoms with E-state index >= 15 is 0 Å². The van der Waals surface area contributed by atoms with Crippen molar-refractivity contribution in [3.63, 3.8) is 0 Å². The summed E-state index contributed by atoms with van der Waals surface area (Å²) in [6.45, 7) is 0. The molecule has 0 saturated carbocycles. The minimum absolute atomic E-state index is 1.13. The summed E-state index contributed by atoms with van der Waals surface area (Å²) in [7, 11) is 0.